The van der Waals surface area contributed by atoms with E-state index in [-0.39, 0.29) is 0 Å². The first-order valence-electron chi connectivity index (χ1n) is 5.74. The minimum Gasteiger partial charge on any atom is -0.317 e. The molecular weight excluding hydrogens is 188 g/mol. The minimum absolute atomic E-state index is 0.847. The van der Waals surface area contributed by atoms with E-state index < -0.39 is 0 Å². The molecule has 2 rings (SSSR count). The molecule has 2 heterocycles. The highest BCUT2D eigenvalue weighted by Gasteiger charge is 2.12. The molecular formula is C11H20N4. The summed E-state index contributed by atoms with van der Waals surface area (Å²) in [4.78, 5) is 0. The molecule has 0 saturated carbocycles. The molecule has 15 heavy (non-hydrogen) atoms. The molecule has 0 bridgehead atoms. The van der Waals surface area contributed by atoms with Gasteiger partial charge in [0.15, 0.2) is 0 Å². The van der Waals surface area contributed by atoms with Gasteiger partial charge >= 0.3 is 0 Å². The van der Waals surface area contributed by atoms with Crippen LogP contribution in [0.4, 0.5) is 0 Å². The lowest BCUT2D eigenvalue weighted by Gasteiger charge is -2.22. The fourth-order valence-electron chi connectivity index (χ4n) is 2.06. The van der Waals surface area contributed by atoms with Crippen LogP contribution in [0.3, 0.4) is 0 Å². The Morgan fingerprint density at radius 3 is 3.00 bits per heavy atom. The van der Waals surface area contributed by atoms with Crippen molar-refractivity contribution in [3.8, 4) is 0 Å². The Morgan fingerprint density at radius 1 is 1.53 bits per heavy atom. The first-order chi connectivity index (χ1) is 7.36. The van der Waals surface area contributed by atoms with E-state index in [1.54, 1.807) is 0 Å². The smallest absolute Gasteiger partial charge is 0.0518 e. The van der Waals surface area contributed by atoms with Crippen molar-refractivity contribution in [2.24, 2.45) is 13.0 Å². The first kappa shape index (κ1) is 10.6. The lowest BCUT2D eigenvalue weighted by molar-refractivity contribution is 0.355. The van der Waals surface area contributed by atoms with Gasteiger partial charge in [-0.15, -0.1) is 0 Å². The van der Waals surface area contributed by atoms with Crippen molar-refractivity contribution in [3.05, 3.63) is 18.0 Å². The molecule has 1 fully saturated rings. The third kappa shape index (κ3) is 3.04. The molecule has 0 amide bonds. The maximum Gasteiger partial charge on any atom is 0.0518 e. The minimum atomic E-state index is 0.847. The Kier molecular flexibility index (Phi) is 3.75. The first-order valence-corrected chi connectivity index (χ1v) is 5.74. The van der Waals surface area contributed by atoms with E-state index >= 15 is 0 Å². The van der Waals surface area contributed by atoms with Crippen LogP contribution in [0.5, 0.6) is 0 Å². The number of nitrogens with one attached hydrogen (secondary N) is 2. The summed E-state index contributed by atoms with van der Waals surface area (Å²) in [5.74, 6) is 0.847. The molecule has 0 atom stereocenters. The zero-order valence-corrected chi connectivity index (χ0v) is 9.37. The zero-order chi connectivity index (χ0) is 10.5. The van der Waals surface area contributed by atoms with Gasteiger partial charge in [-0.25, -0.2) is 0 Å². The molecule has 1 saturated heterocycles. The normalized spacial score (nSPS) is 18.2. The summed E-state index contributed by atoms with van der Waals surface area (Å²) in [6.07, 6.45) is 4.46. The fraction of sp³-hybridized carbons (Fsp3) is 0.727. The van der Waals surface area contributed by atoms with Crippen molar-refractivity contribution in [3.63, 3.8) is 0 Å². The van der Waals surface area contributed by atoms with Crippen molar-refractivity contribution in [1.82, 2.24) is 20.4 Å². The Balaban J connectivity index is 1.68. The van der Waals surface area contributed by atoms with Crippen LogP contribution < -0.4 is 10.6 Å². The number of nitrogens with zero attached hydrogens (tertiary/aromatic N) is 2. The highest BCUT2D eigenvalue weighted by molar-refractivity contribution is 4.99. The SMILES string of the molecule is Cn1nccc1CNCC1CCNCC1. The fourth-order valence-corrected chi connectivity index (χ4v) is 2.06. The van der Waals surface area contributed by atoms with E-state index in [0.717, 1.165) is 19.0 Å². The molecule has 0 aliphatic carbocycles. The van der Waals surface area contributed by atoms with Crippen molar-refractivity contribution in [2.45, 2.75) is 19.4 Å². The predicted octanol–water partition coefficient (Wildman–Crippen LogP) is 0.509. The summed E-state index contributed by atoms with van der Waals surface area (Å²) in [5, 5.41) is 11.0. The maximum absolute atomic E-state index is 4.15. The Morgan fingerprint density at radius 2 is 2.33 bits per heavy atom. The monoisotopic (exact) mass is 208 g/mol. The average molecular weight is 208 g/mol. The van der Waals surface area contributed by atoms with Crippen molar-refractivity contribution >= 4 is 0 Å². The van der Waals surface area contributed by atoms with Crippen LogP contribution in [0.15, 0.2) is 12.3 Å². The number of hydrogen-bond donors (Lipinski definition) is 2. The third-order valence-electron chi connectivity index (χ3n) is 3.12. The number of piperidine rings is 1. The molecule has 0 radical (unpaired) electrons. The quantitative estimate of drug-likeness (QED) is 0.757. The summed E-state index contributed by atoms with van der Waals surface area (Å²) in [6, 6.07) is 2.06. The van der Waals surface area contributed by atoms with E-state index in [0.29, 0.717) is 0 Å². The van der Waals surface area contributed by atoms with Gasteiger partial charge in [0, 0.05) is 19.8 Å². The lowest BCUT2D eigenvalue weighted by atomic mass is 9.98. The molecule has 0 aromatic carbocycles. The summed E-state index contributed by atoms with van der Waals surface area (Å²) in [7, 11) is 1.99. The van der Waals surface area contributed by atoms with Crippen LogP contribution in [0, 0.1) is 5.92 Å². The Hall–Kier alpha value is -0.870. The molecule has 4 heteroatoms. The Bertz CT molecular complexity index is 289. The van der Waals surface area contributed by atoms with Gasteiger partial charge in [-0.2, -0.15) is 5.10 Å². The molecule has 1 aromatic heterocycles. The van der Waals surface area contributed by atoms with Gasteiger partial charge in [-0.3, -0.25) is 4.68 Å². The van der Waals surface area contributed by atoms with E-state index in [4.69, 9.17) is 0 Å². The van der Waals surface area contributed by atoms with Crippen molar-refractivity contribution in [2.75, 3.05) is 19.6 Å². The van der Waals surface area contributed by atoms with Gasteiger partial charge in [0.05, 0.1) is 5.69 Å². The predicted molar refractivity (Wildman–Crippen MR) is 60.5 cm³/mol. The third-order valence-corrected chi connectivity index (χ3v) is 3.12. The molecule has 0 unspecified atom stereocenters. The largest absolute Gasteiger partial charge is 0.317 e. The Labute approximate surface area is 91.1 Å². The van der Waals surface area contributed by atoms with Crippen LogP contribution in [-0.2, 0) is 13.6 Å². The lowest BCUT2D eigenvalue weighted by Crippen LogP contribution is -2.33. The van der Waals surface area contributed by atoms with Gasteiger partial charge in [-0.05, 0) is 44.5 Å². The number of hydrogen-bond acceptors (Lipinski definition) is 3. The van der Waals surface area contributed by atoms with Crippen LogP contribution in [0.25, 0.3) is 0 Å². The van der Waals surface area contributed by atoms with Crippen LogP contribution in [0.1, 0.15) is 18.5 Å². The highest BCUT2D eigenvalue weighted by Crippen LogP contribution is 2.10. The second-order valence-corrected chi connectivity index (χ2v) is 4.27. The van der Waals surface area contributed by atoms with Gasteiger partial charge in [0.25, 0.3) is 0 Å². The summed E-state index contributed by atoms with van der Waals surface area (Å²) < 4.78 is 1.93. The standard InChI is InChI=1S/C11H20N4/c1-15-11(4-7-14-15)9-13-8-10-2-5-12-6-3-10/h4,7,10,12-13H,2-3,5-6,8-9H2,1H3. The van der Waals surface area contributed by atoms with Gasteiger partial charge < -0.3 is 10.6 Å². The summed E-state index contributed by atoms with van der Waals surface area (Å²) in [6.45, 7) is 4.42. The van der Waals surface area contributed by atoms with E-state index in [1.807, 2.05) is 17.9 Å². The molecule has 2 N–H and O–H groups in total. The number of aromatic nitrogens is 2. The second-order valence-electron chi connectivity index (χ2n) is 4.27. The maximum atomic E-state index is 4.15. The van der Waals surface area contributed by atoms with E-state index in [9.17, 15) is 0 Å². The van der Waals surface area contributed by atoms with Crippen LogP contribution >= 0.6 is 0 Å². The highest BCUT2D eigenvalue weighted by atomic mass is 15.3. The van der Waals surface area contributed by atoms with Crippen molar-refractivity contribution in [1.29, 1.82) is 0 Å². The number of rotatable bonds is 4. The van der Waals surface area contributed by atoms with Gasteiger partial charge in [0.1, 0.15) is 0 Å². The van der Waals surface area contributed by atoms with E-state index in [1.165, 1.54) is 31.6 Å². The van der Waals surface area contributed by atoms with Crippen molar-refractivity contribution < 1.29 is 0 Å². The van der Waals surface area contributed by atoms with Gasteiger partial charge in [-0.1, -0.05) is 0 Å². The number of aryl methyl sites for hydroxylation is 1. The average Bonchev–Trinajstić information content (AvgIpc) is 2.66. The molecule has 1 aliphatic rings. The summed E-state index contributed by atoms with van der Waals surface area (Å²) >= 11 is 0. The molecule has 4 nitrogen and oxygen atoms in total. The van der Waals surface area contributed by atoms with Crippen LogP contribution in [-0.4, -0.2) is 29.4 Å². The van der Waals surface area contributed by atoms with E-state index in [2.05, 4.69) is 21.8 Å². The molecule has 0 spiro atoms. The second kappa shape index (κ2) is 5.28. The zero-order valence-electron chi connectivity index (χ0n) is 9.37. The molecule has 84 valence electrons. The molecule has 1 aliphatic heterocycles. The van der Waals surface area contributed by atoms with Gasteiger partial charge in [0.2, 0.25) is 0 Å². The summed E-state index contributed by atoms with van der Waals surface area (Å²) in [5.41, 5.74) is 1.25. The molecule has 1 aromatic rings. The topological polar surface area (TPSA) is 41.9 Å². The van der Waals surface area contributed by atoms with Crippen LogP contribution in [0.2, 0.25) is 0 Å².